The van der Waals surface area contributed by atoms with Crippen molar-refractivity contribution in [1.29, 1.82) is 0 Å². The molecule has 0 aliphatic carbocycles. The molecule has 3 rings (SSSR count). The number of methoxy groups -OCH3 is 1. The van der Waals surface area contributed by atoms with E-state index in [-0.39, 0.29) is 5.91 Å². The van der Waals surface area contributed by atoms with E-state index in [0.717, 1.165) is 16.8 Å². The average Bonchev–Trinajstić information content (AvgIpc) is 2.70. The fourth-order valence-corrected chi connectivity index (χ4v) is 2.81. The molecule has 6 nitrogen and oxygen atoms in total. The molecule has 6 heteroatoms. The van der Waals surface area contributed by atoms with Gasteiger partial charge in [0.1, 0.15) is 5.82 Å². The summed E-state index contributed by atoms with van der Waals surface area (Å²) in [4.78, 5) is 28.8. The lowest BCUT2D eigenvalue weighted by molar-refractivity contribution is 0.0601. The number of aromatic nitrogens is 1. The Labute approximate surface area is 163 Å². The van der Waals surface area contributed by atoms with Crippen molar-refractivity contribution in [3.8, 4) is 0 Å². The quantitative estimate of drug-likeness (QED) is 0.643. The van der Waals surface area contributed by atoms with Gasteiger partial charge < -0.3 is 15.4 Å². The maximum Gasteiger partial charge on any atom is 0.339 e. The Kier molecular flexibility index (Phi) is 5.69. The first kappa shape index (κ1) is 19.1. The summed E-state index contributed by atoms with van der Waals surface area (Å²) in [5.74, 6) is -0.241. The summed E-state index contributed by atoms with van der Waals surface area (Å²) >= 11 is 0. The van der Waals surface area contributed by atoms with Crippen LogP contribution in [0.25, 0.3) is 0 Å². The van der Waals surface area contributed by atoms with Crippen LogP contribution in [0.1, 0.15) is 31.8 Å². The zero-order valence-corrected chi connectivity index (χ0v) is 15.9. The average molecular weight is 375 g/mol. The Morgan fingerprint density at radius 2 is 1.75 bits per heavy atom. The third-order valence-electron chi connectivity index (χ3n) is 4.25. The standard InChI is InChI=1S/C22H21N3O3/c1-14-8-9-18(15(2)12-14)25-21(26)16-10-11-23-20(13-16)24-19-7-5-4-6-17(19)22(27)28-3/h4-13H,1-3H3,(H,23,24)(H,25,26). The zero-order chi connectivity index (χ0) is 20.1. The van der Waals surface area contributed by atoms with Crippen molar-refractivity contribution in [3.05, 3.63) is 83.0 Å². The van der Waals surface area contributed by atoms with Crippen molar-refractivity contribution >= 4 is 29.1 Å². The number of ether oxygens (including phenoxy) is 1. The van der Waals surface area contributed by atoms with E-state index in [1.165, 1.54) is 7.11 Å². The summed E-state index contributed by atoms with van der Waals surface area (Å²) in [6, 6.07) is 16.1. The molecular weight excluding hydrogens is 354 g/mol. The molecule has 1 aromatic heterocycles. The number of esters is 1. The van der Waals surface area contributed by atoms with Gasteiger partial charge in [-0.25, -0.2) is 9.78 Å². The van der Waals surface area contributed by atoms with Crippen molar-refractivity contribution < 1.29 is 14.3 Å². The number of anilines is 3. The van der Waals surface area contributed by atoms with Gasteiger partial charge in [-0.2, -0.15) is 0 Å². The highest BCUT2D eigenvalue weighted by Gasteiger charge is 2.13. The molecule has 0 saturated heterocycles. The first-order valence-electron chi connectivity index (χ1n) is 8.77. The fraction of sp³-hybridized carbons (Fsp3) is 0.136. The molecule has 0 aliphatic heterocycles. The third kappa shape index (κ3) is 4.35. The molecule has 1 heterocycles. The highest BCUT2D eigenvalue weighted by atomic mass is 16.5. The summed E-state index contributed by atoms with van der Waals surface area (Å²) in [7, 11) is 1.33. The van der Waals surface area contributed by atoms with Crippen molar-refractivity contribution in [2.75, 3.05) is 17.7 Å². The summed E-state index contributed by atoms with van der Waals surface area (Å²) in [5.41, 5.74) is 4.28. The third-order valence-corrected chi connectivity index (χ3v) is 4.25. The van der Waals surface area contributed by atoms with Crippen LogP contribution in [0.3, 0.4) is 0 Å². The SMILES string of the molecule is COC(=O)c1ccccc1Nc1cc(C(=O)Nc2ccc(C)cc2C)ccn1. The number of amides is 1. The monoisotopic (exact) mass is 375 g/mol. The fourth-order valence-electron chi connectivity index (χ4n) is 2.81. The molecule has 0 aliphatic rings. The van der Waals surface area contributed by atoms with E-state index in [9.17, 15) is 9.59 Å². The first-order chi connectivity index (χ1) is 13.5. The molecule has 1 amide bonds. The second kappa shape index (κ2) is 8.35. The Bertz CT molecular complexity index is 1030. The normalized spacial score (nSPS) is 10.2. The number of hydrogen-bond donors (Lipinski definition) is 2. The molecule has 3 aromatic rings. The number of carbonyl (C=O) groups excluding carboxylic acids is 2. The molecular formula is C22H21N3O3. The molecule has 0 radical (unpaired) electrons. The van der Waals surface area contributed by atoms with Crippen molar-refractivity contribution in [3.63, 3.8) is 0 Å². The molecule has 0 spiro atoms. The highest BCUT2D eigenvalue weighted by Crippen LogP contribution is 2.22. The van der Waals surface area contributed by atoms with Gasteiger partial charge >= 0.3 is 5.97 Å². The van der Waals surface area contributed by atoms with Gasteiger partial charge in [0.25, 0.3) is 5.91 Å². The summed E-state index contributed by atoms with van der Waals surface area (Å²) in [6.07, 6.45) is 1.54. The molecule has 0 saturated carbocycles. The summed E-state index contributed by atoms with van der Waals surface area (Å²) in [6.45, 7) is 3.96. The molecule has 0 unspecified atom stereocenters. The number of pyridine rings is 1. The largest absolute Gasteiger partial charge is 0.465 e. The van der Waals surface area contributed by atoms with E-state index >= 15 is 0 Å². The predicted octanol–water partition coefficient (Wildman–Crippen LogP) is 4.48. The van der Waals surface area contributed by atoms with Crippen molar-refractivity contribution in [2.24, 2.45) is 0 Å². The Balaban J connectivity index is 1.81. The van der Waals surface area contributed by atoms with E-state index in [2.05, 4.69) is 15.6 Å². The van der Waals surface area contributed by atoms with Crippen LogP contribution >= 0.6 is 0 Å². The van der Waals surface area contributed by atoms with Gasteiger partial charge in [0.15, 0.2) is 0 Å². The summed E-state index contributed by atoms with van der Waals surface area (Å²) in [5, 5.41) is 5.99. The smallest absolute Gasteiger partial charge is 0.339 e. The van der Waals surface area contributed by atoms with Crippen molar-refractivity contribution in [2.45, 2.75) is 13.8 Å². The van der Waals surface area contributed by atoms with Crippen LogP contribution in [-0.2, 0) is 4.74 Å². The molecule has 0 atom stereocenters. The second-order valence-corrected chi connectivity index (χ2v) is 6.36. The number of hydrogen-bond acceptors (Lipinski definition) is 5. The Morgan fingerprint density at radius 3 is 2.50 bits per heavy atom. The molecule has 0 fully saturated rings. The van der Waals surface area contributed by atoms with E-state index in [1.807, 2.05) is 32.0 Å². The van der Waals surface area contributed by atoms with Crippen LogP contribution in [0.15, 0.2) is 60.8 Å². The molecule has 2 N–H and O–H groups in total. The van der Waals surface area contributed by atoms with Gasteiger partial charge in [-0.3, -0.25) is 4.79 Å². The van der Waals surface area contributed by atoms with Gasteiger partial charge in [0, 0.05) is 17.4 Å². The molecule has 142 valence electrons. The highest BCUT2D eigenvalue weighted by molar-refractivity contribution is 6.05. The second-order valence-electron chi connectivity index (χ2n) is 6.36. The maximum absolute atomic E-state index is 12.6. The topological polar surface area (TPSA) is 80.3 Å². The van der Waals surface area contributed by atoms with E-state index < -0.39 is 5.97 Å². The zero-order valence-electron chi connectivity index (χ0n) is 15.9. The molecule has 0 bridgehead atoms. The lowest BCUT2D eigenvalue weighted by Crippen LogP contribution is -2.13. The number of carbonyl (C=O) groups is 2. The minimum absolute atomic E-state index is 0.237. The minimum atomic E-state index is -0.452. The van der Waals surface area contributed by atoms with Gasteiger partial charge in [0.05, 0.1) is 18.4 Å². The van der Waals surface area contributed by atoms with Gasteiger partial charge in [-0.15, -0.1) is 0 Å². The van der Waals surface area contributed by atoms with Crippen LogP contribution in [-0.4, -0.2) is 24.0 Å². The van der Waals surface area contributed by atoms with Gasteiger partial charge in [0.2, 0.25) is 0 Å². The van der Waals surface area contributed by atoms with Crippen LogP contribution in [0.2, 0.25) is 0 Å². The summed E-state index contributed by atoms with van der Waals surface area (Å²) < 4.78 is 4.80. The number of para-hydroxylation sites is 1. The van der Waals surface area contributed by atoms with Crippen LogP contribution in [0.4, 0.5) is 17.2 Å². The number of nitrogens with one attached hydrogen (secondary N) is 2. The number of aryl methyl sites for hydroxylation is 2. The molecule has 2 aromatic carbocycles. The van der Waals surface area contributed by atoms with Gasteiger partial charge in [-0.05, 0) is 49.7 Å². The van der Waals surface area contributed by atoms with E-state index in [1.54, 1.807) is 42.6 Å². The van der Waals surface area contributed by atoms with Crippen molar-refractivity contribution in [1.82, 2.24) is 4.98 Å². The maximum atomic E-state index is 12.6. The minimum Gasteiger partial charge on any atom is -0.465 e. The Hall–Kier alpha value is -3.67. The van der Waals surface area contributed by atoms with Crippen LogP contribution in [0, 0.1) is 13.8 Å². The lowest BCUT2D eigenvalue weighted by Gasteiger charge is -2.12. The Morgan fingerprint density at radius 1 is 0.964 bits per heavy atom. The molecule has 28 heavy (non-hydrogen) atoms. The predicted molar refractivity (Wildman–Crippen MR) is 109 cm³/mol. The number of rotatable bonds is 5. The van der Waals surface area contributed by atoms with E-state index in [0.29, 0.717) is 22.6 Å². The number of nitrogens with zero attached hydrogens (tertiary/aromatic N) is 1. The lowest BCUT2D eigenvalue weighted by atomic mass is 10.1. The number of benzene rings is 2. The van der Waals surface area contributed by atoms with E-state index in [4.69, 9.17) is 4.74 Å². The van der Waals surface area contributed by atoms with Crippen LogP contribution < -0.4 is 10.6 Å². The van der Waals surface area contributed by atoms with Crippen LogP contribution in [0.5, 0.6) is 0 Å². The van der Waals surface area contributed by atoms with Gasteiger partial charge in [-0.1, -0.05) is 29.8 Å². The first-order valence-corrected chi connectivity index (χ1v) is 8.77.